The summed E-state index contributed by atoms with van der Waals surface area (Å²) in [4.78, 5) is -1.92. The average Bonchev–Trinajstić information content (AvgIpc) is 2.36. The summed E-state index contributed by atoms with van der Waals surface area (Å²) in [6, 6.07) is 8.04. The monoisotopic (exact) mass is 324 g/mol. The highest BCUT2D eigenvalue weighted by Gasteiger charge is 2.65. The summed E-state index contributed by atoms with van der Waals surface area (Å²) in [6.07, 6.45) is 2.98. The molecule has 0 aliphatic carbocycles. The Morgan fingerprint density at radius 1 is 0.619 bits per heavy atom. The first kappa shape index (κ1) is 15.5. The molecule has 2 aromatic carbocycles. The zero-order chi connectivity index (χ0) is 15.8. The Balaban J connectivity index is 2.23. The van der Waals surface area contributed by atoms with Crippen LogP contribution in [0.5, 0.6) is 0 Å². The molecule has 0 spiro atoms. The largest absolute Gasteiger partial charge is 0.310 e. The Bertz CT molecular complexity index is 668. The van der Waals surface area contributed by atoms with E-state index in [1.54, 1.807) is 0 Å². The number of hydrogen-bond acceptors (Lipinski definition) is 0. The van der Waals surface area contributed by atoms with E-state index in [1.807, 2.05) is 0 Å². The fourth-order valence-electron chi connectivity index (χ4n) is 1.60. The number of halogens is 6. The third-order valence-corrected chi connectivity index (χ3v) is 3.83. The molecule has 7 heteroatoms. The molecule has 0 aliphatic rings. The summed E-state index contributed by atoms with van der Waals surface area (Å²) in [7, 11) is -9.62. The Morgan fingerprint density at radius 2 is 1.00 bits per heavy atom. The molecule has 0 fully saturated rings. The minimum Gasteiger partial charge on any atom is -0.207 e. The lowest BCUT2D eigenvalue weighted by Gasteiger charge is -2.40. The lowest BCUT2D eigenvalue weighted by atomic mass is 10.1. The molecule has 0 aliphatic heterocycles. The number of benzene rings is 2. The molecule has 21 heavy (non-hydrogen) atoms. The fourth-order valence-corrected chi connectivity index (χ4v) is 2.25. The second-order valence-corrected chi connectivity index (χ2v) is 6.83. The lowest BCUT2D eigenvalue weighted by molar-refractivity contribution is 0.364. The molecule has 114 valence electrons. The molecular weight excluding hydrogens is 314 g/mol. The summed E-state index contributed by atoms with van der Waals surface area (Å²) < 4.78 is 75.3. The van der Waals surface area contributed by atoms with Crippen molar-refractivity contribution in [3.05, 3.63) is 65.5 Å². The minimum absolute atomic E-state index is 0.324. The van der Waals surface area contributed by atoms with Crippen molar-refractivity contribution >= 4 is 22.4 Å². The number of hydrogen-bond donors (Lipinski definition) is 0. The maximum Gasteiger partial charge on any atom is 0.310 e. The van der Waals surface area contributed by atoms with Crippen molar-refractivity contribution in [2.45, 2.75) is 4.90 Å². The number of rotatable bonds is 3. The van der Waals surface area contributed by atoms with Crippen LogP contribution in [0.15, 0.2) is 53.4 Å². The van der Waals surface area contributed by atoms with Crippen LogP contribution in [0.4, 0.5) is 23.8 Å². The predicted octanol–water partition coefficient (Wildman–Crippen LogP) is 6.65. The van der Waals surface area contributed by atoms with Gasteiger partial charge in [0.05, 0.1) is 0 Å². The van der Waals surface area contributed by atoms with E-state index in [2.05, 4.69) is 0 Å². The van der Waals surface area contributed by atoms with Crippen LogP contribution >= 0.6 is 10.2 Å². The Kier molecular flexibility index (Phi) is 3.17. The quantitative estimate of drug-likeness (QED) is 0.438. The van der Waals surface area contributed by atoms with Gasteiger partial charge in [0, 0.05) is 0 Å². The standard InChI is InChI=1S/C14H10F6S/c15-13-7-3-11(4-8-13)1-2-12-5-9-14(10-6-12)21(16,17,18,19)20/h1-10H. The van der Waals surface area contributed by atoms with Gasteiger partial charge in [0.2, 0.25) is 0 Å². The summed E-state index contributed by atoms with van der Waals surface area (Å²) >= 11 is 0. The fraction of sp³-hybridized carbons (Fsp3) is 0. The highest BCUT2D eigenvalue weighted by Crippen LogP contribution is 3.02. The van der Waals surface area contributed by atoms with E-state index in [-0.39, 0.29) is 0 Å². The van der Waals surface area contributed by atoms with Gasteiger partial charge in [0.15, 0.2) is 0 Å². The van der Waals surface area contributed by atoms with Gasteiger partial charge in [-0.3, -0.25) is 0 Å². The smallest absolute Gasteiger partial charge is 0.207 e. The van der Waals surface area contributed by atoms with Gasteiger partial charge >= 0.3 is 10.2 Å². The van der Waals surface area contributed by atoms with E-state index in [9.17, 15) is 23.8 Å². The van der Waals surface area contributed by atoms with Crippen molar-refractivity contribution < 1.29 is 23.8 Å². The molecule has 0 atom stereocenters. The molecular formula is C14H10F6S. The highest BCUT2D eigenvalue weighted by atomic mass is 32.5. The maximum absolute atomic E-state index is 12.7. The first-order valence-corrected chi connectivity index (χ1v) is 7.67. The van der Waals surface area contributed by atoms with E-state index < -0.39 is 20.9 Å². The Labute approximate surface area is 117 Å². The summed E-state index contributed by atoms with van der Waals surface area (Å²) in [5, 5.41) is 0. The molecule has 0 radical (unpaired) electrons. The first-order valence-electron chi connectivity index (χ1n) is 5.72. The van der Waals surface area contributed by atoms with Crippen molar-refractivity contribution in [3.63, 3.8) is 0 Å². The highest BCUT2D eigenvalue weighted by molar-refractivity contribution is 8.45. The SMILES string of the molecule is Fc1ccc(C=Cc2ccc(S(F)(F)(F)(F)F)cc2)cc1. The van der Waals surface area contributed by atoms with Gasteiger partial charge in [-0.25, -0.2) is 4.39 Å². The second-order valence-electron chi connectivity index (χ2n) is 4.42. The molecule has 2 rings (SSSR count). The molecule has 0 saturated heterocycles. The van der Waals surface area contributed by atoms with E-state index in [1.165, 1.54) is 36.4 Å². The minimum atomic E-state index is -9.62. The van der Waals surface area contributed by atoms with Gasteiger partial charge in [0.25, 0.3) is 0 Å². The predicted molar refractivity (Wildman–Crippen MR) is 73.2 cm³/mol. The Morgan fingerprint density at radius 3 is 1.38 bits per heavy atom. The van der Waals surface area contributed by atoms with E-state index in [0.717, 1.165) is 12.1 Å². The van der Waals surface area contributed by atoms with Crippen LogP contribution in [-0.4, -0.2) is 0 Å². The maximum atomic E-state index is 12.7. The van der Waals surface area contributed by atoms with Gasteiger partial charge in [0.1, 0.15) is 10.7 Å². The summed E-state index contributed by atoms with van der Waals surface area (Å²) in [5.41, 5.74) is 0.957. The van der Waals surface area contributed by atoms with Crippen molar-refractivity contribution in [3.8, 4) is 0 Å². The molecule has 2 aromatic rings. The van der Waals surface area contributed by atoms with Crippen LogP contribution < -0.4 is 0 Å². The van der Waals surface area contributed by atoms with Crippen LogP contribution in [0.3, 0.4) is 0 Å². The van der Waals surface area contributed by atoms with Crippen LogP contribution in [0.1, 0.15) is 11.1 Å². The molecule has 0 nitrogen and oxygen atoms in total. The van der Waals surface area contributed by atoms with Crippen molar-refractivity contribution in [2.75, 3.05) is 0 Å². The second kappa shape index (κ2) is 4.30. The molecule has 0 heterocycles. The van der Waals surface area contributed by atoms with Gasteiger partial charge in [-0.15, -0.1) is 0 Å². The first-order chi connectivity index (χ1) is 9.44. The van der Waals surface area contributed by atoms with Crippen LogP contribution in [0.2, 0.25) is 0 Å². The van der Waals surface area contributed by atoms with Crippen molar-refractivity contribution in [1.82, 2.24) is 0 Å². The third-order valence-electron chi connectivity index (χ3n) is 2.66. The van der Waals surface area contributed by atoms with Gasteiger partial charge in [-0.2, -0.15) is 0 Å². The van der Waals surface area contributed by atoms with Gasteiger partial charge in [-0.1, -0.05) is 55.8 Å². The molecule has 0 N–H and O–H groups in total. The molecule has 0 amide bonds. The van der Waals surface area contributed by atoms with Crippen LogP contribution in [0, 0.1) is 5.82 Å². The van der Waals surface area contributed by atoms with Crippen molar-refractivity contribution in [2.24, 2.45) is 0 Å². The average molecular weight is 324 g/mol. The third kappa shape index (κ3) is 4.29. The lowest BCUT2D eigenvalue weighted by Crippen LogP contribution is -2.05. The summed E-state index contributed by atoms with van der Waals surface area (Å²) in [5.74, 6) is -0.410. The van der Waals surface area contributed by atoms with Crippen LogP contribution in [-0.2, 0) is 0 Å². The summed E-state index contributed by atoms with van der Waals surface area (Å²) in [6.45, 7) is 0. The Hall–Kier alpha value is -1.89. The molecule has 0 saturated carbocycles. The van der Waals surface area contributed by atoms with Gasteiger partial charge < -0.3 is 0 Å². The molecule has 0 unspecified atom stereocenters. The molecule has 0 bridgehead atoms. The zero-order valence-corrected chi connectivity index (χ0v) is 11.3. The van der Waals surface area contributed by atoms with E-state index >= 15 is 0 Å². The van der Waals surface area contributed by atoms with Crippen molar-refractivity contribution in [1.29, 1.82) is 0 Å². The molecule has 0 aromatic heterocycles. The van der Waals surface area contributed by atoms with E-state index in [0.29, 0.717) is 23.3 Å². The zero-order valence-electron chi connectivity index (χ0n) is 10.4. The topological polar surface area (TPSA) is 0 Å². The normalized spacial score (nSPS) is 15.7. The van der Waals surface area contributed by atoms with Crippen LogP contribution in [0.25, 0.3) is 12.2 Å². The van der Waals surface area contributed by atoms with Gasteiger partial charge in [-0.05, 0) is 35.4 Å². The van der Waals surface area contributed by atoms with E-state index in [4.69, 9.17) is 0 Å².